The topological polar surface area (TPSA) is 117 Å². The first-order valence-corrected chi connectivity index (χ1v) is 13.2. The Balaban J connectivity index is 1.53. The molecule has 0 unspecified atom stereocenters. The molecule has 0 aromatic heterocycles. The van der Waals surface area contributed by atoms with Crippen LogP contribution in [0.5, 0.6) is 11.5 Å². The van der Waals surface area contributed by atoms with E-state index in [9.17, 15) is 19.7 Å². The number of benzene rings is 2. The first-order valence-electron chi connectivity index (χ1n) is 13.2. The molecule has 0 amide bonds. The van der Waals surface area contributed by atoms with Gasteiger partial charge in [0.1, 0.15) is 6.10 Å². The molecule has 1 saturated carbocycles. The molecular weight excluding hydrogens is 500 g/mol. The number of ketones is 1. The number of esters is 1. The zero-order valence-corrected chi connectivity index (χ0v) is 22.3. The number of methoxy groups -OCH3 is 2. The van der Waals surface area contributed by atoms with Crippen LogP contribution in [0.15, 0.2) is 65.0 Å². The molecule has 204 valence electrons. The number of carbonyl (C=O) groups is 2. The molecule has 9 nitrogen and oxygen atoms in total. The van der Waals surface area contributed by atoms with Crippen molar-refractivity contribution in [3.63, 3.8) is 0 Å². The number of Topliss-reactive ketones (excluding diaryl/α,β-unsaturated/α-hetero) is 1. The van der Waals surface area contributed by atoms with Crippen molar-refractivity contribution < 1.29 is 28.7 Å². The zero-order chi connectivity index (χ0) is 27.7. The SMILES string of the molecule is COc1ccc([C@@H]2CC(=O)C3=C(C2)NC(C)=C(C(=O)OC2CCCC2)[C@@H]3c2ccc([N+](=O)[O-])cc2)cc1OC. The van der Waals surface area contributed by atoms with Gasteiger partial charge in [-0.1, -0.05) is 18.2 Å². The van der Waals surface area contributed by atoms with E-state index in [1.54, 1.807) is 26.4 Å². The zero-order valence-electron chi connectivity index (χ0n) is 22.3. The fourth-order valence-electron chi connectivity index (χ4n) is 5.99. The number of carbonyl (C=O) groups excluding carboxylic acids is 2. The van der Waals surface area contributed by atoms with E-state index >= 15 is 0 Å². The number of dihydropyridines is 1. The van der Waals surface area contributed by atoms with Crippen LogP contribution in [0.3, 0.4) is 0 Å². The molecule has 2 aromatic carbocycles. The van der Waals surface area contributed by atoms with Gasteiger partial charge in [0.05, 0.1) is 24.7 Å². The highest BCUT2D eigenvalue weighted by Gasteiger charge is 2.42. The average Bonchev–Trinajstić information content (AvgIpc) is 3.44. The van der Waals surface area contributed by atoms with Crippen molar-refractivity contribution in [1.82, 2.24) is 5.32 Å². The van der Waals surface area contributed by atoms with Gasteiger partial charge in [0.2, 0.25) is 0 Å². The average molecular weight is 533 g/mol. The van der Waals surface area contributed by atoms with Crippen LogP contribution in [0.25, 0.3) is 0 Å². The Bertz CT molecular complexity index is 1370. The Kier molecular flexibility index (Phi) is 7.41. The van der Waals surface area contributed by atoms with Crippen molar-refractivity contribution in [3.05, 3.63) is 86.2 Å². The first kappa shape index (κ1) is 26.5. The number of rotatable bonds is 7. The number of hydrogen-bond acceptors (Lipinski definition) is 8. The van der Waals surface area contributed by atoms with Gasteiger partial charge in [-0.25, -0.2) is 4.79 Å². The summed E-state index contributed by atoms with van der Waals surface area (Å²) in [5.41, 5.74) is 3.82. The third-order valence-electron chi connectivity index (χ3n) is 7.94. The van der Waals surface area contributed by atoms with Crippen molar-refractivity contribution in [2.45, 2.75) is 63.4 Å². The maximum atomic E-state index is 13.8. The predicted octanol–water partition coefficient (Wildman–Crippen LogP) is 5.46. The van der Waals surface area contributed by atoms with Gasteiger partial charge in [-0.3, -0.25) is 14.9 Å². The fourth-order valence-corrected chi connectivity index (χ4v) is 5.99. The van der Waals surface area contributed by atoms with Crippen LogP contribution in [0.2, 0.25) is 0 Å². The van der Waals surface area contributed by atoms with Crippen molar-refractivity contribution >= 4 is 17.4 Å². The monoisotopic (exact) mass is 532 g/mol. The van der Waals surface area contributed by atoms with Crippen LogP contribution in [0.4, 0.5) is 5.69 Å². The van der Waals surface area contributed by atoms with E-state index < -0.39 is 16.8 Å². The molecule has 2 aromatic rings. The summed E-state index contributed by atoms with van der Waals surface area (Å²) in [4.78, 5) is 38.2. The minimum atomic E-state index is -0.671. The minimum Gasteiger partial charge on any atom is -0.493 e. The smallest absolute Gasteiger partial charge is 0.337 e. The summed E-state index contributed by atoms with van der Waals surface area (Å²) in [5, 5.41) is 14.6. The van der Waals surface area contributed by atoms with E-state index in [1.807, 2.05) is 25.1 Å². The summed E-state index contributed by atoms with van der Waals surface area (Å²) >= 11 is 0. The number of non-ortho nitro benzene ring substituents is 1. The van der Waals surface area contributed by atoms with Crippen LogP contribution in [0, 0.1) is 10.1 Å². The van der Waals surface area contributed by atoms with Gasteiger partial charge in [-0.15, -0.1) is 0 Å². The first-order chi connectivity index (χ1) is 18.8. The summed E-state index contributed by atoms with van der Waals surface area (Å²) in [6, 6.07) is 11.7. The third-order valence-corrected chi connectivity index (χ3v) is 7.94. The highest BCUT2D eigenvalue weighted by atomic mass is 16.6. The number of nitrogens with zero attached hydrogens (tertiary/aromatic N) is 1. The molecule has 1 aliphatic heterocycles. The van der Waals surface area contributed by atoms with Gasteiger partial charge in [0.25, 0.3) is 5.69 Å². The maximum absolute atomic E-state index is 13.8. The number of nitrogens with one attached hydrogen (secondary N) is 1. The number of hydrogen-bond donors (Lipinski definition) is 1. The summed E-state index contributed by atoms with van der Waals surface area (Å²) in [6.07, 6.45) is 4.37. The molecular formula is C30H32N2O7. The van der Waals surface area contributed by atoms with E-state index in [-0.39, 0.29) is 29.9 Å². The number of ether oxygens (including phenoxy) is 3. The van der Waals surface area contributed by atoms with E-state index in [4.69, 9.17) is 14.2 Å². The van der Waals surface area contributed by atoms with E-state index in [0.29, 0.717) is 40.3 Å². The highest BCUT2D eigenvalue weighted by Crippen LogP contribution is 2.47. The lowest BCUT2D eigenvalue weighted by molar-refractivity contribution is -0.384. The summed E-state index contributed by atoms with van der Waals surface area (Å²) in [5.74, 6) is -0.0880. The Morgan fingerprint density at radius 3 is 2.28 bits per heavy atom. The lowest BCUT2D eigenvalue weighted by atomic mass is 9.71. The van der Waals surface area contributed by atoms with Crippen molar-refractivity contribution in [2.24, 2.45) is 0 Å². The van der Waals surface area contributed by atoms with Gasteiger partial charge in [0, 0.05) is 41.4 Å². The molecule has 1 heterocycles. The molecule has 2 aliphatic carbocycles. The molecule has 0 radical (unpaired) electrons. The molecule has 5 rings (SSSR count). The quantitative estimate of drug-likeness (QED) is 0.284. The molecule has 9 heteroatoms. The summed E-state index contributed by atoms with van der Waals surface area (Å²) in [6.45, 7) is 1.82. The van der Waals surface area contributed by atoms with Gasteiger partial charge in [-0.05, 0) is 68.2 Å². The standard InChI is InChI=1S/C30H32N2O7/c1-17-27(30(34)39-22-6-4-5-7-22)28(18-8-11-21(12-9-18)32(35)36)29-23(31-17)14-20(15-24(29)33)19-10-13-25(37-2)26(16-19)38-3/h8-13,16,20,22,28,31H,4-7,14-15H2,1-3H3/t20-,28-/m0/s1. The second-order valence-electron chi connectivity index (χ2n) is 10.3. The number of allylic oxidation sites excluding steroid dienone is 3. The molecule has 39 heavy (non-hydrogen) atoms. The molecule has 0 bridgehead atoms. The largest absolute Gasteiger partial charge is 0.493 e. The van der Waals surface area contributed by atoms with Crippen molar-refractivity contribution in [1.29, 1.82) is 0 Å². The lowest BCUT2D eigenvalue weighted by Crippen LogP contribution is -2.36. The van der Waals surface area contributed by atoms with Gasteiger partial charge < -0.3 is 19.5 Å². The molecule has 1 fully saturated rings. The van der Waals surface area contributed by atoms with E-state index in [2.05, 4.69) is 5.32 Å². The van der Waals surface area contributed by atoms with Crippen LogP contribution < -0.4 is 14.8 Å². The van der Waals surface area contributed by atoms with Crippen LogP contribution >= 0.6 is 0 Å². The molecule has 2 atom stereocenters. The molecule has 0 saturated heterocycles. The lowest BCUT2D eigenvalue weighted by Gasteiger charge is -2.37. The molecule has 0 spiro atoms. The van der Waals surface area contributed by atoms with Gasteiger partial charge in [0.15, 0.2) is 17.3 Å². The summed E-state index contributed by atoms with van der Waals surface area (Å²) in [7, 11) is 3.15. The number of nitro groups is 1. The minimum absolute atomic E-state index is 0.0545. The molecule has 1 N–H and O–H groups in total. The van der Waals surface area contributed by atoms with E-state index in [0.717, 1.165) is 36.9 Å². The Morgan fingerprint density at radius 2 is 1.64 bits per heavy atom. The Morgan fingerprint density at radius 1 is 0.974 bits per heavy atom. The normalized spacial score (nSPS) is 21.4. The second-order valence-corrected chi connectivity index (χ2v) is 10.3. The predicted molar refractivity (Wildman–Crippen MR) is 144 cm³/mol. The summed E-state index contributed by atoms with van der Waals surface area (Å²) < 4.78 is 16.7. The number of nitro benzene ring substituents is 1. The maximum Gasteiger partial charge on any atom is 0.337 e. The van der Waals surface area contributed by atoms with E-state index in [1.165, 1.54) is 12.1 Å². The third kappa shape index (κ3) is 5.13. The van der Waals surface area contributed by atoms with Crippen molar-refractivity contribution in [2.75, 3.05) is 14.2 Å². The van der Waals surface area contributed by atoms with Crippen LogP contribution in [-0.2, 0) is 14.3 Å². The Hall–Kier alpha value is -4.14. The van der Waals surface area contributed by atoms with Crippen LogP contribution in [-0.4, -0.2) is 37.0 Å². The van der Waals surface area contributed by atoms with Crippen LogP contribution in [0.1, 0.15) is 68.4 Å². The fraction of sp³-hybridized carbons (Fsp3) is 0.400. The molecule has 3 aliphatic rings. The van der Waals surface area contributed by atoms with Crippen molar-refractivity contribution in [3.8, 4) is 11.5 Å². The Labute approximate surface area is 227 Å². The van der Waals surface area contributed by atoms with Gasteiger partial charge in [-0.2, -0.15) is 0 Å². The second kappa shape index (κ2) is 10.9. The highest BCUT2D eigenvalue weighted by molar-refractivity contribution is 6.04. The van der Waals surface area contributed by atoms with Gasteiger partial charge >= 0.3 is 5.97 Å².